The molecule has 0 aromatic rings. The summed E-state index contributed by atoms with van der Waals surface area (Å²) in [6, 6.07) is 0. The standard InChI is InChI=1S/C47H70O19/c1-19-12-32(53)47(59-16-19)20(2)34-31(66-47)15-28-26-9-8-24-13-25(50)14-33(46(24,7)27(26)10-11-45(28,34)6)63-43-40(38(30(52)18-58-43)64-42-37(56)36(55)29(51)17-57-42)65-44-41(62-23(5)49)39(61-22(4)48)35(54)21(3)60-44/h8,20-21,25-44,50-56H,1,9-18H2,2-7H3/t20-,21-,25+,26+,27-,28-,29+,30-,31-,32?,33+,34-,35-,36-,37+,38-,39+,40+,41+,42-,43-,44-,45-,46-,47-/m0/s1. The minimum Gasteiger partial charge on any atom is -0.455 e. The average Bonchev–Trinajstić information content (AvgIpc) is 3.71. The second-order valence-electron chi connectivity index (χ2n) is 21.1. The molecule has 7 N–H and O–H groups in total. The third-order valence-corrected chi connectivity index (χ3v) is 17.3. The van der Waals surface area contributed by atoms with Crippen molar-refractivity contribution in [2.75, 3.05) is 19.8 Å². The second kappa shape index (κ2) is 18.2. The molecule has 0 amide bonds. The van der Waals surface area contributed by atoms with Gasteiger partial charge in [0.1, 0.15) is 48.8 Å². The van der Waals surface area contributed by atoms with E-state index in [2.05, 4.69) is 33.4 Å². The van der Waals surface area contributed by atoms with Gasteiger partial charge in [0.2, 0.25) is 0 Å². The van der Waals surface area contributed by atoms with Gasteiger partial charge in [-0.3, -0.25) is 9.59 Å². The third-order valence-electron chi connectivity index (χ3n) is 17.3. The van der Waals surface area contributed by atoms with Gasteiger partial charge in [-0.15, -0.1) is 0 Å². The molecule has 1 unspecified atom stereocenters. The smallest absolute Gasteiger partial charge is 0.303 e. The number of aliphatic hydroxyl groups excluding tert-OH is 7. The van der Waals surface area contributed by atoms with Gasteiger partial charge in [-0.2, -0.15) is 0 Å². The number of hydrogen-bond donors (Lipinski definition) is 7. The van der Waals surface area contributed by atoms with Gasteiger partial charge < -0.3 is 83.1 Å². The van der Waals surface area contributed by atoms with Crippen molar-refractivity contribution in [3.05, 3.63) is 23.8 Å². The highest BCUT2D eigenvalue weighted by Gasteiger charge is 2.71. The molecule has 5 aliphatic heterocycles. The van der Waals surface area contributed by atoms with Crippen LogP contribution in [-0.4, -0.2) is 178 Å². The lowest BCUT2D eigenvalue weighted by Crippen LogP contribution is -2.66. The van der Waals surface area contributed by atoms with E-state index in [1.165, 1.54) is 6.92 Å². The maximum atomic E-state index is 12.5. The van der Waals surface area contributed by atoms with Crippen molar-refractivity contribution in [3.63, 3.8) is 0 Å². The largest absolute Gasteiger partial charge is 0.455 e. The lowest BCUT2D eigenvalue weighted by molar-refractivity contribution is -0.382. The zero-order chi connectivity index (χ0) is 47.4. The van der Waals surface area contributed by atoms with Crippen molar-refractivity contribution in [1.82, 2.24) is 0 Å². The molecule has 0 radical (unpaired) electrons. The molecule has 372 valence electrons. The Morgan fingerprint density at radius 2 is 1.45 bits per heavy atom. The van der Waals surface area contributed by atoms with E-state index in [0.29, 0.717) is 19.4 Å². The summed E-state index contributed by atoms with van der Waals surface area (Å²) < 4.78 is 62.1. The number of carbonyl (C=O) groups excluding carboxylic acids is 2. The summed E-state index contributed by atoms with van der Waals surface area (Å²) in [6.45, 7) is 14.1. The Bertz CT molecular complexity index is 1860. The van der Waals surface area contributed by atoms with E-state index < -0.39 is 128 Å². The van der Waals surface area contributed by atoms with Crippen molar-refractivity contribution < 1.29 is 92.7 Å². The van der Waals surface area contributed by atoms with Gasteiger partial charge in [0, 0.05) is 38.0 Å². The normalized spacial score (nSPS) is 53.5. The Hall–Kier alpha value is -2.18. The fraction of sp³-hybridized carbons (Fsp3) is 0.872. The first-order valence-corrected chi connectivity index (χ1v) is 23.8. The number of rotatable bonds is 8. The van der Waals surface area contributed by atoms with Crippen LogP contribution >= 0.6 is 0 Å². The minimum absolute atomic E-state index is 0.0492. The van der Waals surface area contributed by atoms with Gasteiger partial charge in [0.15, 0.2) is 36.9 Å². The highest BCUT2D eigenvalue weighted by atomic mass is 16.8. The molecule has 5 saturated heterocycles. The predicted octanol–water partition coefficient (Wildman–Crippen LogP) is 0.496. The van der Waals surface area contributed by atoms with Crippen LogP contribution in [0.15, 0.2) is 23.8 Å². The number of hydrogen-bond acceptors (Lipinski definition) is 19. The molecule has 0 aromatic carbocycles. The third kappa shape index (κ3) is 8.12. The van der Waals surface area contributed by atoms with E-state index in [1.54, 1.807) is 0 Å². The van der Waals surface area contributed by atoms with Crippen LogP contribution in [0, 0.1) is 40.4 Å². The van der Waals surface area contributed by atoms with Crippen LogP contribution in [0.3, 0.4) is 0 Å². The van der Waals surface area contributed by atoms with Crippen molar-refractivity contribution >= 4 is 11.9 Å². The molecule has 0 bridgehead atoms. The highest BCUT2D eigenvalue weighted by molar-refractivity contribution is 5.67. The molecular formula is C47H70O19. The molecule has 9 aliphatic rings. The first kappa shape index (κ1) is 48.8. The van der Waals surface area contributed by atoms with Crippen molar-refractivity contribution in [1.29, 1.82) is 0 Å². The van der Waals surface area contributed by atoms with Crippen LogP contribution < -0.4 is 0 Å². The minimum atomic E-state index is -1.75. The number of esters is 2. The quantitative estimate of drug-likeness (QED) is 0.129. The Balaban J connectivity index is 1.02. The number of fused-ring (bicyclic) bond motifs is 7. The number of carbonyl (C=O) groups is 2. The van der Waals surface area contributed by atoms with E-state index in [4.69, 9.17) is 47.4 Å². The van der Waals surface area contributed by atoms with Crippen LogP contribution in [0.2, 0.25) is 0 Å². The Kier molecular flexibility index (Phi) is 13.5. The zero-order valence-corrected chi connectivity index (χ0v) is 38.6. The lowest BCUT2D eigenvalue weighted by atomic mass is 9.46. The van der Waals surface area contributed by atoms with Gasteiger partial charge in [-0.25, -0.2) is 0 Å². The first-order chi connectivity index (χ1) is 31.2. The summed E-state index contributed by atoms with van der Waals surface area (Å²) in [5.41, 5.74) is 1.19. The zero-order valence-electron chi connectivity index (χ0n) is 38.6. The van der Waals surface area contributed by atoms with Crippen molar-refractivity contribution in [2.45, 2.75) is 197 Å². The van der Waals surface area contributed by atoms with Gasteiger partial charge in [-0.05, 0) is 73.7 Å². The summed E-state index contributed by atoms with van der Waals surface area (Å²) in [6.07, 6.45) is -14.8. The van der Waals surface area contributed by atoms with E-state index in [-0.39, 0.29) is 54.1 Å². The molecule has 19 nitrogen and oxygen atoms in total. The Labute approximate surface area is 384 Å². The SMILES string of the molecule is C=C1CO[C@@]2(O[C@H]3C[C@H]4[C@@H]5CC=C6C[C@@H](O)C[C@@H](O[C@@H]7OC[C@H](O)[C@H](O[C@@H]8OC[C@@H](O)[C@H](O)[C@H]8O)[C@H]7O[C@@H]7O[C@@H](C)[C@H](O)[C@@H](OC(C)=O)[C@H]7OC(C)=O)[C@]6(C)[C@H]5CC[C@]4(C)[C@H]3[C@@H]2C)C(O)C1. The number of allylic oxidation sites excluding steroid dienone is 1. The second-order valence-corrected chi connectivity index (χ2v) is 21.1. The van der Waals surface area contributed by atoms with Gasteiger partial charge in [0.05, 0.1) is 44.2 Å². The number of aliphatic hydroxyl groups is 7. The topological polar surface area (TPSA) is 268 Å². The first-order valence-electron chi connectivity index (χ1n) is 23.8. The van der Waals surface area contributed by atoms with Crippen LogP contribution in [-0.2, 0) is 57.0 Å². The van der Waals surface area contributed by atoms with Crippen LogP contribution in [0.5, 0.6) is 0 Å². The number of ether oxygens (including phenoxy) is 10. The molecule has 8 fully saturated rings. The monoisotopic (exact) mass is 938 g/mol. The summed E-state index contributed by atoms with van der Waals surface area (Å²) in [7, 11) is 0. The molecule has 66 heavy (non-hydrogen) atoms. The molecule has 9 rings (SSSR count). The van der Waals surface area contributed by atoms with Crippen molar-refractivity contribution in [2.24, 2.45) is 40.4 Å². The summed E-state index contributed by atoms with van der Waals surface area (Å²) in [5.74, 6) is -1.92. The molecule has 5 heterocycles. The van der Waals surface area contributed by atoms with Crippen LogP contribution in [0.25, 0.3) is 0 Å². The summed E-state index contributed by atoms with van der Waals surface area (Å²) in [4.78, 5) is 24.8. The molecule has 1 spiro atoms. The molecule has 19 heteroatoms. The van der Waals surface area contributed by atoms with Gasteiger partial charge in [0.25, 0.3) is 0 Å². The van der Waals surface area contributed by atoms with Crippen molar-refractivity contribution in [3.8, 4) is 0 Å². The molecule has 25 atom stereocenters. The van der Waals surface area contributed by atoms with Gasteiger partial charge in [-0.1, -0.05) is 39.0 Å². The maximum absolute atomic E-state index is 12.5. The van der Waals surface area contributed by atoms with E-state index in [1.807, 2.05) is 0 Å². The van der Waals surface area contributed by atoms with Crippen LogP contribution in [0.1, 0.15) is 86.5 Å². The highest BCUT2D eigenvalue weighted by Crippen LogP contribution is 2.71. The van der Waals surface area contributed by atoms with E-state index in [0.717, 1.165) is 50.7 Å². The molecule has 3 saturated carbocycles. The lowest BCUT2D eigenvalue weighted by Gasteiger charge is -2.60. The average molecular weight is 939 g/mol. The fourth-order valence-electron chi connectivity index (χ4n) is 14.1. The van der Waals surface area contributed by atoms with E-state index in [9.17, 15) is 45.3 Å². The van der Waals surface area contributed by atoms with E-state index >= 15 is 0 Å². The molecule has 0 aromatic heterocycles. The fourth-order valence-corrected chi connectivity index (χ4v) is 14.1. The van der Waals surface area contributed by atoms with Gasteiger partial charge >= 0.3 is 11.9 Å². The predicted molar refractivity (Wildman–Crippen MR) is 224 cm³/mol. The van der Waals surface area contributed by atoms with Crippen LogP contribution in [0.4, 0.5) is 0 Å². The Morgan fingerprint density at radius 1 is 0.773 bits per heavy atom. The molecular weight excluding hydrogens is 868 g/mol. The summed E-state index contributed by atoms with van der Waals surface area (Å²) in [5, 5.41) is 77.3. The maximum Gasteiger partial charge on any atom is 0.303 e. The summed E-state index contributed by atoms with van der Waals surface area (Å²) >= 11 is 0. The Morgan fingerprint density at radius 3 is 2.17 bits per heavy atom. The molecule has 4 aliphatic carbocycles.